The zero-order valence-corrected chi connectivity index (χ0v) is 27.8. The van der Waals surface area contributed by atoms with Gasteiger partial charge in [-0.2, -0.15) is 0 Å². The van der Waals surface area contributed by atoms with Crippen molar-refractivity contribution in [3.8, 4) is 45.3 Å². The van der Waals surface area contributed by atoms with E-state index in [2.05, 4.69) is 91.0 Å². The summed E-state index contributed by atoms with van der Waals surface area (Å²) in [6.07, 6.45) is 0. The maximum Gasteiger partial charge on any atom is 0.164 e. The summed E-state index contributed by atoms with van der Waals surface area (Å²) in [7, 11) is 0. The van der Waals surface area contributed by atoms with E-state index in [9.17, 15) is 0 Å². The molecule has 51 heavy (non-hydrogen) atoms. The molecule has 0 fully saturated rings. The van der Waals surface area contributed by atoms with Gasteiger partial charge in [0.1, 0.15) is 22.3 Å². The predicted octanol–water partition coefficient (Wildman–Crippen LogP) is 12.7. The number of nitrogens with zero attached hydrogens (tertiary/aromatic N) is 3. The molecule has 5 nitrogen and oxygen atoms in total. The lowest BCUT2D eigenvalue weighted by atomic mass is 10.0. The Morgan fingerprint density at radius 1 is 0.353 bits per heavy atom. The van der Waals surface area contributed by atoms with Crippen molar-refractivity contribution in [2.24, 2.45) is 0 Å². The summed E-state index contributed by atoms with van der Waals surface area (Å²) in [5.41, 5.74) is 8.25. The van der Waals surface area contributed by atoms with Gasteiger partial charge >= 0.3 is 0 Å². The van der Waals surface area contributed by atoms with Crippen LogP contribution in [-0.2, 0) is 0 Å². The van der Waals surface area contributed by atoms with E-state index in [1.54, 1.807) is 0 Å². The minimum Gasteiger partial charge on any atom is -0.456 e. The van der Waals surface area contributed by atoms with Crippen LogP contribution in [0.2, 0.25) is 0 Å². The van der Waals surface area contributed by atoms with E-state index >= 15 is 0 Å². The van der Waals surface area contributed by atoms with Gasteiger partial charge in [-0.05, 0) is 59.7 Å². The molecule has 11 rings (SSSR count). The third-order valence-corrected chi connectivity index (χ3v) is 11.0. The number of hydrogen-bond donors (Lipinski definition) is 0. The Morgan fingerprint density at radius 3 is 1.57 bits per heavy atom. The molecule has 0 unspecified atom stereocenters. The van der Waals surface area contributed by atoms with Crippen LogP contribution in [-0.4, -0.2) is 15.0 Å². The number of benzene rings is 7. The van der Waals surface area contributed by atoms with Crippen molar-refractivity contribution >= 4 is 75.4 Å². The molecule has 0 spiro atoms. The van der Waals surface area contributed by atoms with E-state index in [4.69, 9.17) is 23.8 Å². The van der Waals surface area contributed by atoms with Gasteiger partial charge in [0.2, 0.25) is 0 Å². The van der Waals surface area contributed by atoms with Gasteiger partial charge in [0.25, 0.3) is 0 Å². The second kappa shape index (κ2) is 10.9. The Hall–Kier alpha value is -6.63. The smallest absolute Gasteiger partial charge is 0.164 e. The average molecular weight is 672 g/mol. The SMILES string of the molecule is c1ccc(-c2nc(-c3ccc4c(c3)oc3ccccc34)nc(-c3ccc4c(c3)oc3cc(-c5cccc6c5sc5ccccc56)ccc34)n2)cc1. The molecule has 0 radical (unpaired) electrons. The first-order chi connectivity index (χ1) is 25.2. The van der Waals surface area contributed by atoms with Crippen LogP contribution in [0.4, 0.5) is 0 Å². The van der Waals surface area contributed by atoms with Crippen LogP contribution in [0.25, 0.3) is 109 Å². The van der Waals surface area contributed by atoms with Crippen LogP contribution in [0.1, 0.15) is 0 Å². The highest BCUT2D eigenvalue weighted by Gasteiger charge is 2.17. The maximum atomic E-state index is 6.57. The van der Waals surface area contributed by atoms with Crippen LogP contribution in [0.15, 0.2) is 160 Å². The van der Waals surface area contributed by atoms with Crippen molar-refractivity contribution in [1.82, 2.24) is 15.0 Å². The van der Waals surface area contributed by atoms with Gasteiger partial charge in [0, 0.05) is 58.4 Å². The Kier molecular flexibility index (Phi) is 6.05. The molecule has 7 aromatic carbocycles. The molecule has 0 bridgehead atoms. The minimum absolute atomic E-state index is 0.572. The number of furan rings is 2. The molecule has 0 saturated heterocycles. The first kappa shape index (κ1) is 28.2. The van der Waals surface area contributed by atoms with E-state index in [0.29, 0.717) is 17.5 Å². The van der Waals surface area contributed by atoms with Gasteiger partial charge in [-0.1, -0.05) is 103 Å². The number of thiophene rings is 1. The van der Waals surface area contributed by atoms with Crippen LogP contribution in [0.3, 0.4) is 0 Å². The van der Waals surface area contributed by atoms with Crippen molar-refractivity contribution in [1.29, 1.82) is 0 Å². The monoisotopic (exact) mass is 671 g/mol. The highest BCUT2D eigenvalue weighted by molar-refractivity contribution is 7.26. The van der Waals surface area contributed by atoms with Crippen LogP contribution in [0, 0.1) is 0 Å². The van der Waals surface area contributed by atoms with Gasteiger partial charge in [-0.15, -0.1) is 11.3 Å². The zero-order valence-electron chi connectivity index (χ0n) is 27.0. The standard InChI is InChI=1S/C45H25N3O2S/c1-2-9-26(10-3-1)43-46-44(28-18-21-32-31-11-4-6-15-37(31)49-39(32)24-28)48-45(47-43)29-19-22-34-33-20-17-27(23-38(33)50-40(34)25-29)30-13-8-14-36-35-12-5-7-16-41(35)51-42(30)36/h1-25H. The van der Waals surface area contributed by atoms with E-state index in [1.807, 2.05) is 72.0 Å². The Balaban J connectivity index is 1.04. The van der Waals surface area contributed by atoms with Crippen LogP contribution >= 0.6 is 11.3 Å². The molecule has 0 saturated carbocycles. The van der Waals surface area contributed by atoms with Crippen molar-refractivity contribution in [2.45, 2.75) is 0 Å². The molecule has 238 valence electrons. The molecule has 0 aliphatic heterocycles. The fraction of sp³-hybridized carbons (Fsp3) is 0. The lowest BCUT2D eigenvalue weighted by Crippen LogP contribution is -2.00. The van der Waals surface area contributed by atoms with E-state index in [-0.39, 0.29) is 0 Å². The molecule has 4 heterocycles. The predicted molar refractivity (Wildman–Crippen MR) is 209 cm³/mol. The Labute approximate surface area is 295 Å². The molecular weight excluding hydrogens is 647 g/mol. The number of fused-ring (bicyclic) bond motifs is 9. The quantitative estimate of drug-likeness (QED) is 0.186. The molecule has 11 aromatic rings. The molecular formula is C45H25N3O2S. The van der Waals surface area contributed by atoms with Gasteiger partial charge in [-0.3, -0.25) is 0 Å². The van der Waals surface area contributed by atoms with E-state index < -0.39 is 0 Å². The Morgan fingerprint density at radius 2 is 0.863 bits per heavy atom. The van der Waals surface area contributed by atoms with Crippen molar-refractivity contribution in [3.63, 3.8) is 0 Å². The second-order valence-electron chi connectivity index (χ2n) is 12.8. The zero-order chi connectivity index (χ0) is 33.5. The van der Waals surface area contributed by atoms with Gasteiger partial charge in [-0.25, -0.2) is 15.0 Å². The lowest BCUT2D eigenvalue weighted by molar-refractivity contribution is 0.669. The summed E-state index contributed by atoms with van der Waals surface area (Å²) in [5.74, 6) is 1.75. The van der Waals surface area contributed by atoms with Crippen LogP contribution in [0.5, 0.6) is 0 Å². The first-order valence-corrected chi connectivity index (χ1v) is 17.7. The van der Waals surface area contributed by atoms with Crippen molar-refractivity contribution in [2.75, 3.05) is 0 Å². The van der Waals surface area contributed by atoms with Gasteiger partial charge < -0.3 is 8.83 Å². The summed E-state index contributed by atoms with van der Waals surface area (Å²) < 4.78 is 15.4. The van der Waals surface area contributed by atoms with E-state index in [1.165, 1.54) is 25.7 Å². The van der Waals surface area contributed by atoms with Crippen molar-refractivity contribution < 1.29 is 8.83 Å². The average Bonchev–Trinajstić information content (AvgIpc) is 3.88. The summed E-state index contributed by atoms with van der Waals surface area (Å²) in [5, 5.41) is 6.85. The highest BCUT2D eigenvalue weighted by atomic mass is 32.1. The van der Waals surface area contributed by atoms with Gasteiger partial charge in [0.05, 0.1) is 0 Å². The highest BCUT2D eigenvalue weighted by Crippen LogP contribution is 2.42. The second-order valence-corrected chi connectivity index (χ2v) is 13.8. The Bertz CT molecular complexity index is 3160. The number of aromatic nitrogens is 3. The summed E-state index contributed by atoms with van der Waals surface area (Å²) in [6, 6.07) is 52.2. The molecule has 0 aliphatic rings. The normalized spacial score (nSPS) is 11.9. The fourth-order valence-corrected chi connectivity index (χ4v) is 8.51. The summed E-state index contributed by atoms with van der Waals surface area (Å²) in [6.45, 7) is 0. The first-order valence-electron chi connectivity index (χ1n) is 16.8. The van der Waals surface area contributed by atoms with Crippen LogP contribution < -0.4 is 0 Å². The minimum atomic E-state index is 0.572. The third kappa shape index (κ3) is 4.50. The van der Waals surface area contributed by atoms with Gasteiger partial charge in [0.15, 0.2) is 17.5 Å². The van der Waals surface area contributed by atoms with Crippen molar-refractivity contribution in [3.05, 3.63) is 152 Å². The topological polar surface area (TPSA) is 65.0 Å². The summed E-state index contributed by atoms with van der Waals surface area (Å²) >= 11 is 1.84. The maximum absolute atomic E-state index is 6.57. The third-order valence-electron chi connectivity index (χ3n) is 9.75. The number of hydrogen-bond acceptors (Lipinski definition) is 6. The number of para-hydroxylation sites is 1. The molecule has 6 heteroatoms. The lowest BCUT2D eigenvalue weighted by Gasteiger charge is -2.08. The van der Waals surface area contributed by atoms with E-state index in [0.717, 1.165) is 66.1 Å². The molecule has 0 amide bonds. The molecule has 0 aliphatic carbocycles. The molecule has 0 atom stereocenters. The number of rotatable bonds is 4. The largest absolute Gasteiger partial charge is 0.456 e. The molecule has 0 N–H and O–H groups in total. The summed E-state index contributed by atoms with van der Waals surface area (Å²) in [4.78, 5) is 14.9. The molecule has 4 aromatic heterocycles. The fourth-order valence-electron chi connectivity index (χ4n) is 7.27.